The van der Waals surface area contributed by atoms with Gasteiger partial charge in [-0.1, -0.05) is 18.2 Å². The van der Waals surface area contributed by atoms with Gasteiger partial charge < -0.3 is 15.2 Å². The molecule has 0 saturated carbocycles. The Balaban J connectivity index is 1.56. The molecule has 3 rings (SSSR count). The van der Waals surface area contributed by atoms with E-state index in [9.17, 15) is 15.2 Å². The van der Waals surface area contributed by atoms with Crippen molar-refractivity contribution in [1.29, 1.82) is 0 Å². The highest BCUT2D eigenvalue weighted by atomic mass is 16.6. The third-order valence-corrected chi connectivity index (χ3v) is 4.71. The van der Waals surface area contributed by atoms with Gasteiger partial charge in [0.1, 0.15) is 0 Å². The Labute approximate surface area is 168 Å². The number of nitro benzene ring substituents is 1. The first kappa shape index (κ1) is 20.3. The van der Waals surface area contributed by atoms with Gasteiger partial charge in [0.25, 0.3) is 5.69 Å². The number of ether oxygens (including phenoxy) is 1. The van der Waals surface area contributed by atoms with E-state index >= 15 is 0 Å². The quantitative estimate of drug-likeness (QED) is 0.326. The summed E-state index contributed by atoms with van der Waals surface area (Å²) in [6.07, 6.45) is 3.76. The minimum atomic E-state index is -0.502. The third kappa shape index (κ3) is 4.91. The standard InChI is InChI=1S/C21H24N4O4/c1-15-16(14-24(23-15)18-8-4-3-5-9-18)7-6-10-22-13-17-11-21(29-2)20(26)12-19(17)25(27)28/h3-5,8-9,11-12,14,22,26H,6-7,10,13H2,1-2H3. The molecule has 0 fully saturated rings. The van der Waals surface area contributed by atoms with Crippen molar-refractivity contribution in [3.63, 3.8) is 0 Å². The fraction of sp³-hybridized carbons (Fsp3) is 0.286. The fourth-order valence-corrected chi connectivity index (χ4v) is 3.16. The molecule has 0 saturated heterocycles. The number of para-hydroxylation sites is 1. The van der Waals surface area contributed by atoms with Crippen molar-refractivity contribution < 1.29 is 14.8 Å². The molecular weight excluding hydrogens is 372 g/mol. The van der Waals surface area contributed by atoms with Crippen molar-refractivity contribution in [1.82, 2.24) is 15.1 Å². The van der Waals surface area contributed by atoms with Gasteiger partial charge in [0.15, 0.2) is 11.5 Å². The first-order valence-electron chi connectivity index (χ1n) is 9.35. The number of methoxy groups -OCH3 is 1. The van der Waals surface area contributed by atoms with Gasteiger partial charge in [-0.2, -0.15) is 5.10 Å². The molecular formula is C21H24N4O4. The van der Waals surface area contributed by atoms with Crippen LogP contribution in [0.2, 0.25) is 0 Å². The number of nitro groups is 1. The van der Waals surface area contributed by atoms with Gasteiger partial charge in [-0.3, -0.25) is 10.1 Å². The molecule has 8 nitrogen and oxygen atoms in total. The first-order valence-corrected chi connectivity index (χ1v) is 9.35. The molecule has 0 bridgehead atoms. The van der Waals surface area contributed by atoms with Gasteiger partial charge in [0.05, 0.1) is 29.5 Å². The monoisotopic (exact) mass is 396 g/mol. The summed E-state index contributed by atoms with van der Waals surface area (Å²) in [5.74, 6) is -0.0230. The largest absolute Gasteiger partial charge is 0.504 e. The normalized spacial score (nSPS) is 10.8. The van der Waals surface area contributed by atoms with Crippen LogP contribution in [-0.4, -0.2) is 33.5 Å². The van der Waals surface area contributed by atoms with E-state index < -0.39 is 4.92 Å². The van der Waals surface area contributed by atoms with E-state index in [2.05, 4.69) is 10.4 Å². The number of nitrogens with one attached hydrogen (secondary N) is 1. The van der Waals surface area contributed by atoms with Crippen molar-refractivity contribution in [2.75, 3.05) is 13.7 Å². The first-order chi connectivity index (χ1) is 14.0. The second-order valence-electron chi connectivity index (χ2n) is 6.71. The smallest absolute Gasteiger partial charge is 0.277 e. The number of hydrogen-bond acceptors (Lipinski definition) is 6. The molecule has 1 aromatic heterocycles. The maximum Gasteiger partial charge on any atom is 0.277 e. The number of aromatic nitrogens is 2. The molecule has 0 aliphatic carbocycles. The lowest BCUT2D eigenvalue weighted by atomic mass is 10.1. The molecule has 0 aliphatic heterocycles. The molecule has 3 aromatic rings. The zero-order valence-electron chi connectivity index (χ0n) is 16.5. The maximum atomic E-state index is 11.2. The maximum absolute atomic E-state index is 11.2. The fourth-order valence-electron chi connectivity index (χ4n) is 3.16. The number of nitrogens with zero attached hydrogens (tertiary/aromatic N) is 3. The van der Waals surface area contributed by atoms with Gasteiger partial charge in [-0.05, 0) is 50.1 Å². The zero-order valence-corrected chi connectivity index (χ0v) is 16.5. The summed E-state index contributed by atoms with van der Waals surface area (Å²) in [5, 5.41) is 28.8. The number of hydrogen-bond donors (Lipinski definition) is 2. The van der Waals surface area contributed by atoms with E-state index in [1.54, 1.807) is 0 Å². The van der Waals surface area contributed by atoms with Crippen molar-refractivity contribution in [3.05, 3.63) is 75.6 Å². The number of aromatic hydroxyl groups is 1. The van der Waals surface area contributed by atoms with Gasteiger partial charge in [-0.25, -0.2) is 4.68 Å². The number of aryl methyl sites for hydroxylation is 2. The van der Waals surface area contributed by atoms with E-state index in [1.165, 1.54) is 18.7 Å². The van der Waals surface area contributed by atoms with E-state index in [1.807, 2.05) is 48.1 Å². The van der Waals surface area contributed by atoms with Crippen LogP contribution in [0.25, 0.3) is 5.69 Å². The third-order valence-electron chi connectivity index (χ3n) is 4.71. The van der Waals surface area contributed by atoms with Gasteiger partial charge in [0, 0.05) is 18.3 Å². The second kappa shape index (κ2) is 9.20. The molecule has 152 valence electrons. The Kier molecular flexibility index (Phi) is 6.46. The van der Waals surface area contributed by atoms with Crippen LogP contribution in [0.5, 0.6) is 11.5 Å². The topological polar surface area (TPSA) is 102 Å². The Morgan fingerprint density at radius 3 is 2.69 bits per heavy atom. The minimum absolute atomic E-state index is 0.129. The van der Waals surface area contributed by atoms with Crippen LogP contribution in [0.4, 0.5) is 5.69 Å². The lowest BCUT2D eigenvalue weighted by Gasteiger charge is -2.09. The molecule has 8 heteroatoms. The van der Waals surface area contributed by atoms with Crippen molar-refractivity contribution in [2.45, 2.75) is 26.3 Å². The Morgan fingerprint density at radius 1 is 1.24 bits per heavy atom. The minimum Gasteiger partial charge on any atom is -0.504 e. The highest BCUT2D eigenvalue weighted by Gasteiger charge is 2.18. The lowest BCUT2D eigenvalue weighted by Crippen LogP contribution is -2.16. The molecule has 0 amide bonds. The molecule has 1 heterocycles. The summed E-state index contributed by atoms with van der Waals surface area (Å²) < 4.78 is 6.93. The molecule has 2 aromatic carbocycles. The number of phenolic OH excluding ortho intramolecular Hbond substituents is 1. The number of rotatable bonds is 9. The number of phenols is 1. The van der Waals surface area contributed by atoms with Crippen LogP contribution in [0.15, 0.2) is 48.7 Å². The van der Waals surface area contributed by atoms with Crippen molar-refractivity contribution >= 4 is 5.69 Å². The summed E-state index contributed by atoms with van der Waals surface area (Å²) in [5.41, 5.74) is 3.53. The van der Waals surface area contributed by atoms with Gasteiger partial charge in [0.2, 0.25) is 0 Å². The molecule has 0 unspecified atom stereocenters. The molecule has 0 aliphatic rings. The van der Waals surface area contributed by atoms with Crippen LogP contribution in [-0.2, 0) is 13.0 Å². The van der Waals surface area contributed by atoms with E-state index in [-0.39, 0.29) is 17.2 Å². The van der Waals surface area contributed by atoms with Crippen LogP contribution in [0.1, 0.15) is 23.2 Å². The van der Waals surface area contributed by atoms with Crippen LogP contribution in [0.3, 0.4) is 0 Å². The Morgan fingerprint density at radius 2 is 2.00 bits per heavy atom. The van der Waals surface area contributed by atoms with E-state index in [0.29, 0.717) is 18.7 Å². The van der Waals surface area contributed by atoms with Gasteiger partial charge >= 0.3 is 0 Å². The van der Waals surface area contributed by atoms with E-state index in [4.69, 9.17) is 4.74 Å². The summed E-state index contributed by atoms with van der Waals surface area (Å²) in [7, 11) is 1.41. The Hall–Kier alpha value is -3.39. The van der Waals surface area contributed by atoms with Crippen LogP contribution < -0.4 is 10.1 Å². The molecule has 2 N–H and O–H groups in total. The highest BCUT2D eigenvalue weighted by Crippen LogP contribution is 2.33. The zero-order chi connectivity index (χ0) is 20.8. The summed E-state index contributed by atoms with van der Waals surface area (Å²) >= 11 is 0. The number of benzene rings is 2. The second-order valence-corrected chi connectivity index (χ2v) is 6.71. The SMILES string of the molecule is COc1cc(CNCCCc2cn(-c3ccccc3)nc2C)c([N+](=O)[O-])cc1O. The van der Waals surface area contributed by atoms with Crippen molar-refractivity contribution in [2.24, 2.45) is 0 Å². The average molecular weight is 396 g/mol. The summed E-state index contributed by atoms with van der Waals surface area (Å²) in [6.45, 7) is 3.00. The van der Waals surface area contributed by atoms with E-state index in [0.717, 1.165) is 30.3 Å². The van der Waals surface area contributed by atoms with Crippen molar-refractivity contribution in [3.8, 4) is 17.2 Å². The molecule has 0 spiro atoms. The molecule has 0 atom stereocenters. The van der Waals surface area contributed by atoms with Crippen LogP contribution in [0, 0.1) is 17.0 Å². The average Bonchev–Trinajstić information content (AvgIpc) is 3.09. The summed E-state index contributed by atoms with van der Waals surface area (Å²) in [4.78, 5) is 10.7. The van der Waals surface area contributed by atoms with Crippen LogP contribution >= 0.6 is 0 Å². The predicted molar refractivity (Wildman–Crippen MR) is 110 cm³/mol. The van der Waals surface area contributed by atoms with Gasteiger partial charge in [-0.15, -0.1) is 0 Å². The Bertz CT molecular complexity index is 986. The lowest BCUT2D eigenvalue weighted by molar-refractivity contribution is -0.385. The highest BCUT2D eigenvalue weighted by molar-refractivity contribution is 5.53. The molecule has 29 heavy (non-hydrogen) atoms. The molecule has 0 radical (unpaired) electrons. The predicted octanol–water partition coefficient (Wildman–Crippen LogP) is 3.53. The summed E-state index contributed by atoms with van der Waals surface area (Å²) in [6, 6.07) is 12.6.